The molecule has 1 heterocycles. The van der Waals surface area contributed by atoms with Crippen molar-refractivity contribution in [2.24, 2.45) is 4.99 Å². The van der Waals surface area contributed by atoms with Gasteiger partial charge >= 0.3 is 0 Å². The molecular weight excluding hydrogens is 88.1 g/mol. The van der Waals surface area contributed by atoms with Crippen molar-refractivity contribution in [1.82, 2.24) is 5.32 Å². The predicted molar refractivity (Wildman–Crippen MR) is 30.2 cm³/mol. The Balaban J connectivity index is 2.49. The van der Waals surface area contributed by atoms with Crippen molar-refractivity contribution in [1.29, 1.82) is 0 Å². The van der Waals surface area contributed by atoms with Gasteiger partial charge in [0.2, 0.25) is 0 Å². The lowest BCUT2D eigenvalue weighted by Crippen LogP contribution is -2.10. The third-order valence-electron chi connectivity index (χ3n) is 0.855. The van der Waals surface area contributed by atoms with Gasteiger partial charge in [-0.2, -0.15) is 0 Å². The molecule has 1 rings (SSSR count). The van der Waals surface area contributed by atoms with E-state index < -0.39 is 0 Å². The van der Waals surface area contributed by atoms with Crippen LogP contribution in [-0.4, -0.2) is 12.4 Å². The topological polar surface area (TPSA) is 24.4 Å². The van der Waals surface area contributed by atoms with Crippen LogP contribution < -0.4 is 5.32 Å². The Labute approximate surface area is 42.9 Å². The average molecular weight is 96.1 g/mol. The maximum atomic E-state index is 4.01. The summed E-state index contributed by atoms with van der Waals surface area (Å²) in [5.74, 6) is 0. The number of rotatable bonds is 0. The molecule has 0 amide bonds. The van der Waals surface area contributed by atoms with Crippen LogP contribution in [0.15, 0.2) is 17.3 Å². The normalized spacial score (nSPS) is 27.3. The summed E-state index contributed by atoms with van der Waals surface area (Å²) in [7, 11) is 0. The molecule has 1 unspecified atom stereocenters. The van der Waals surface area contributed by atoms with Crippen LogP contribution >= 0.6 is 0 Å². The third kappa shape index (κ3) is 1.03. The zero-order valence-corrected chi connectivity index (χ0v) is 4.26. The summed E-state index contributed by atoms with van der Waals surface area (Å²) < 4.78 is 0. The lowest BCUT2D eigenvalue weighted by molar-refractivity contribution is 0.897. The summed E-state index contributed by atoms with van der Waals surface area (Å²) in [6.07, 6.45) is 5.59. The van der Waals surface area contributed by atoms with E-state index in [1.54, 1.807) is 6.34 Å². The lowest BCUT2D eigenvalue weighted by atomic mass is 10.3. The molecule has 1 atom stereocenters. The van der Waals surface area contributed by atoms with Crippen molar-refractivity contribution >= 4 is 6.34 Å². The molecule has 0 aromatic rings. The molecule has 0 bridgehead atoms. The van der Waals surface area contributed by atoms with Gasteiger partial charge in [0.25, 0.3) is 0 Å². The highest BCUT2D eigenvalue weighted by Gasteiger charge is 1.90. The minimum absolute atomic E-state index is 0.362. The predicted octanol–water partition coefficient (Wildman–Crippen LogP) is 0.520. The van der Waals surface area contributed by atoms with Gasteiger partial charge in [-0.25, -0.2) is 0 Å². The smallest absolute Gasteiger partial charge is 0.0870 e. The SMILES string of the molecule is CC1C=CNC=N1. The van der Waals surface area contributed by atoms with E-state index in [0.717, 1.165) is 0 Å². The molecule has 0 aromatic heterocycles. The van der Waals surface area contributed by atoms with Gasteiger partial charge in [-0.15, -0.1) is 0 Å². The van der Waals surface area contributed by atoms with Crippen LogP contribution in [-0.2, 0) is 0 Å². The van der Waals surface area contributed by atoms with Crippen LogP contribution in [0.1, 0.15) is 6.92 Å². The average Bonchev–Trinajstić information content (AvgIpc) is 1.69. The Kier molecular flexibility index (Phi) is 1.11. The first-order valence-electron chi connectivity index (χ1n) is 2.34. The molecule has 38 valence electrons. The minimum Gasteiger partial charge on any atom is -0.353 e. The molecule has 1 aliphatic heterocycles. The van der Waals surface area contributed by atoms with E-state index in [4.69, 9.17) is 0 Å². The Morgan fingerprint density at radius 2 is 2.57 bits per heavy atom. The lowest BCUT2D eigenvalue weighted by Gasteiger charge is -2.01. The summed E-state index contributed by atoms with van der Waals surface area (Å²) in [5.41, 5.74) is 0. The van der Waals surface area contributed by atoms with Crippen LogP contribution in [0.4, 0.5) is 0 Å². The summed E-state index contributed by atoms with van der Waals surface area (Å²) in [5, 5.41) is 2.84. The van der Waals surface area contributed by atoms with E-state index in [-0.39, 0.29) is 0 Å². The summed E-state index contributed by atoms with van der Waals surface area (Å²) in [6.45, 7) is 2.04. The molecular formula is C5H8N2. The summed E-state index contributed by atoms with van der Waals surface area (Å²) >= 11 is 0. The van der Waals surface area contributed by atoms with Crippen molar-refractivity contribution in [2.75, 3.05) is 0 Å². The van der Waals surface area contributed by atoms with E-state index in [2.05, 4.69) is 10.3 Å². The summed E-state index contributed by atoms with van der Waals surface area (Å²) in [6, 6.07) is 0.362. The van der Waals surface area contributed by atoms with E-state index in [0.29, 0.717) is 6.04 Å². The zero-order valence-electron chi connectivity index (χ0n) is 4.26. The van der Waals surface area contributed by atoms with Gasteiger partial charge in [0.1, 0.15) is 0 Å². The molecule has 2 heteroatoms. The Morgan fingerprint density at radius 1 is 1.71 bits per heavy atom. The third-order valence-corrected chi connectivity index (χ3v) is 0.855. The Hall–Kier alpha value is -0.790. The molecule has 1 aliphatic rings. The number of nitrogens with one attached hydrogen (secondary N) is 1. The number of aliphatic imine (C=N–C) groups is 1. The fourth-order valence-electron chi connectivity index (χ4n) is 0.448. The molecule has 0 fully saturated rings. The maximum absolute atomic E-state index is 4.01. The molecule has 0 saturated heterocycles. The Morgan fingerprint density at radius 3 is 2.86 bits per heavy atom. The second kappa shape index (κ2) is 1.78. The largest absolute Gasteiger partial charge is 0.353 e. The number of hydrogen-bond acceptors (Lipinski definition) is 2. The van der Waals surface area contributed by atoms with E-state index in [1.807, 2.05) is 19.2 Å². The van der Waals surface area contributed by atoms with E-state index in [9.17, 15) is 0 Å². The van der Waals surface area contributed by atoms with Crippen molar-refractivity contribution in [3.8, 4) is 0 Å². The number of nitrogens with zero attached hydrogens (tertiary/aromatic N) is 1. The van der Waals surface area contributed by atoms with E-state index >= 15 is 0 Å². The van der Waals surface area contributed by atoms with E-state index in [1.165, 1.54) is 0 Å². The zero-order chi connectivity index (χ0) is 5.11. The molecule has 0 spiro atoms. The Bertz CT molecular complexity index is 92.6. The second-order valence-corrected chi connectivity index (χ2v) is 1.54. The minimum atomic E-state index is 0.362. The van der Waals surface area contributed by atoms with Gasteiger partial charge in [-0.05, 0) is 19.2 Å². The van der Waals surface area contributed by atoms with Crippen LogP contribution in [0.5, 0.6) is 0 Å². The first-order chi connectivity index (χ1) is 3.39. The van der Waals surface area contributed by atoms with Crippen LogP contribution in [0.3, 0.4) is 0 Å². The molecule has 0 aliphatic carbocycles. The highest BCUT2D eigenvalue weighted by molar-refractivity contribution is 5.57. The molecule has 1 N–H and O–H groups in total. The molecule has 0 saturated carbocycles. The fraction of sp³-hybridized carbons (Fsp3) is 0.400. The standard InChI is InChI=1S/C5H8N2/c1-5-2-3-6-4-7-5/h2-5H,1H3,(H,6,7). The first-order valence-corrected chi connectivity index (χ1v) is 2.34. The number of hydrogen-bond donors (Lipinski definition) is 1. The van der Waals surface area contributed by atoms with Gasteiger partial charge in [-0.1, -0.05) is 0 Å². The van der Waals surface area contributed by atoms with Crippen LogP contribution in [0.2, 0.25) is 0 Å². The molecule has 0 radical (unpaired) electrons. The fourth-order valence-corrected chi connectivity index (χ4v) is 0.448. The highest BCUT2D eigenvalue weighted by atomic mass is 15.0. The van der Waals surface area contributed by atoms with Crippen molar-refractivity contribution in [3.63, 3.8) is 0 Å². The van der Waals surface area contributed by atoms with Gasteiger partial charge in [0.05, 0.1) is 12.4 Å². The van der Waals surface area contributed by atoms with Gasteiger partial charge in [0.15, 0.2) is 0 Å². The van der Waals surface area contributed by atoms with Crippen LogP contribution in [0, 0.1) is 0 Å². The van der Waals surface area contributed by atoms with Gasteiger partial charge < -0.3 is 5.32 Å². The molecule has 2 nitrogen and oxygen atoms in total. The highest BCUT2D eigenvalue weighted by Crippen LogP contribution is 1.90. The van der Waals surface area contributed by atoms with Crippen LogP contribution in [0.25, 0.3) is 0 Å². The van der Waals surface area contributed by atoms with Crippen molar-refractivity contribution in [3.05, 3.63) is 12.3 Å². The molecule has 0 aromatic carbocycles. The van der Waals surface area contributed by atoms with Gasteiger partial charge in [-0.3, -0.25) is 4.99 Å². The first kappa shape index (κ1) is 4.37. The monoisotopic (exact) mass is 96.1 g/mol. The van der Waals surface area contributed by atoms with Crippen molar-refractivity contribution < 1.29 is 0 Å². The second-order valence-electron chi connectivity index (χ2n) is 1.54. The maximum Gasteiger partial charge on any atom is 0.0870 e. The summed E-state index contributed by atoms with van der Waals surface area (Å²) in [4.78, 5) is 4.01. The quantitative estimate of drug-likeness (QED) is 0.467. The van der Waals surface area contributed by atoms with Gasteiger partial charge in [0, 0.05) is 0 Å². The molecule has 7 heavy (non-hydrogen) atoms. The van der Waals surface area contributed by atoms with Crippen molar-refractivity contribution in [2.45, 2.75) is 13.0 Å².